The highest BCUT2D eigenvalue weighted by Crippen LogP contribution is 2.15. The summed E-state index contributed by atoms with van der Waals surface area (Å²) in [6, 6.07) is 0. The van der Waals surface area contributed by atoms with Crippen LogP contribution in [0.1, 0.15) is 0 Å². The first kappa shape index (κ1) is 13.0. The van der Waals surface area contributed by atoms with E-state index >= 15 is 0 Å². The lowest BCUT2D eigenvalue weighted by Crippen LogP contribution is -2.39. The highest BCUT2D eigenvalue weighted by Gasteiger charge is 2.26. The van der Waals surface area contributed by atoms with Gasteiger partial charge in [-0.1, -0.05) is 0 Å². The zero-order valence-electron chi connectivity index (χ0n) is 10.2. The number of hydrogen-bond acceptors (Lipinski definition) is 6. The number of nitrogens with zero attached hydrogens (tertiary/aromatic N) is 5. The largest absolute Gasteiger partial charge is 0.437 e. The molecule has 102 valence electrons. The molecule has 0 fully saturated rings. The summed E-state index contributed by atoms with van der Waals surface area (Å²) in [6.45, 7) is -0.449. The predicted molar refractivity (Wildman–Crippen MR) is 64.0 cm³/mol. The van der Waals surface area contributed by atoms with Gasteiger partial charge in [0, 0.05) is 7.05 Å². The smallest absolute Gasteiger partial charge is 0.395 e. The Bertz CT molecular complexity index is 783. The number of hydrogen-bond donors (Lipinski definition) is 1. The maximum Gasteiger partial charge on any atom is 0.437 e. The van der Waals surface area contributed by atoms with Gasteiger partial charge in [0.1, 0.15) is 0 Å². The van der Waals surface area contributed by atoms with E-state index < -0.39 is 22.1 Å². The first-order valence-electron chi connectivity index (χ1n) is 5.31. The highest BCUT2D eigenvalue weighted by molar-refractivity contribution is 5.72. The average Bonchev–Trinajstić information content (AvgIpc) is 2.70. The van der Waals surface area contributed by atoms with Gasteiger partial charge in [0.2, 0.25) is 5.52 Å². The van der Waals surface area contributed by atoms with E-state index in [1.54, 1.807) is 0 Å². The van der Waals surface area contributed by atoms with Crippen LogP contribution in [0.4, 0.5) is 5.95 Å². The first-order chi connectivity index (χ1) is 8.90. The van der Waals surface area contributed by atoms with Gasteiger partial charge in [-0.2, -0.15) is 0 Å². The summed E-state index contributed by atoms with van der Waals surface area (Å²) >= 11 is 0. The number of imidazole rings is 1. The Labute approximate surface area is 105 Å². The molecule has 0 aliphatic carbocycles. The van der Waals surface area contributed by atoms with E-state index in [2.05, 4.69) is 4.98 Å². The fourth-order valence-electron chi connectivity index (χ4n) is 1.88. The maximum atomic E-state index is 12.0. The molecule has 0 radical (unpaired) electrons. The molecule has 10 nitrogen and oxygen atoms in total. The summed E-state index contributed by atoms with van der Waals surface area (Å²) in [5.74, 6) is -0.538. The molecule has 2 aromatic heterocycles. The summed E-state index contributed by atoms with van der Waals surface area (Å²) in [7, 11) is 2.58. The maximum absolute atomic E-state index is 12.0. The van der Waals surface area contributed by atoms with Crippen molar-refractivity contribution in [1.82, 2.24) is 18.7 Å². The molecule has 0 aliphatic rings. The van der Waals surface area contributed by atoms with Crippen LogP contribution in [0.3, 0.4) is 0 Å². The van der Waals surface area contributed by atoms with Crippen molar-refractivity contribution in [2.75, 3.05) is 6.61 Å². The van der Waals surface area contributed by atoms with E-state index in [0.29, 0.717) is 0 Å². The number of aryl methyl sites for hydroxylation is 1. The third-order valence-corrected chi connectivity index (χ3v) is 2.82. The van der Waals surface area contributed by atoms with Crippen LogP contribution >= 0.6 is 0 Å². The molecule has 0 aliphatic heterocycles. The second-order valence-electron chi connectivity index (χ2n) is 3.92. The van der Waals surface area contributed by atoms with Crippen LogP contribution in [0.5, 0.6) is 0 Å². The lowest BCUT2D eigenvalue weighted by atomic mass is 10.5. The topological polar surface area (TPSA) is 125 Å². The minimum absolute atomic E-state index is 0.0535. The molecular formula is C9H11N5O5. The van der Waals surface area contributed by atoms with Crippen LogP contribution in [-0.2, 0) is 20.6 Å². The molecule has 2 rings (SSSR count). The van der Waals surface area contributed by atoms with Crippen molar-refractivity contribution >= 4 is 17.1 Å². The molecule has 2 heterocycles. The first-order valence-corrected chi connectivity index (χ1v) is 5.31. The van der Waals surface area contributed by atoms with E-state index in [4.69, 9.17) is 5.11 Å². The van der Waals surface area contributed by atoms with Gasteiger partial charge < -0.3 is 15.2 Å². The molecule has 0 spiro atoms. The van der Waals surface area contributed by atoms with Gasteiger partial charge in [-0.05, 0) is 9.91 Å². The third kappa shape index (κ3) is 1.73. The van der Waals surface area contributed by atoms with Gasteiger partial charge >= 0.3 is 11.6 Å². The van der Waals surface area contributed by atoms with Crippen LogP contribution in [0.2, 0.25) is 0 Å². The monoisotopic (exact) mass is 269 g/mol. The Morgan fingerprint density at radius 2 is 1.95 bits per heavy atom. The number of fused-ring (bicyclic) bond motifs is 1. The minimum atomic E-state index is -0.743. The predicted octanol–water partition coefficient (Wildman–Crippen LogP) is -1.67. The fraction of sp³-hybridized carbons (Fsp3) is 0.444. The van der Waals surface area contributed by atoms with Crippen molar-refractivity contribution < 1.29 is 10.0 Å². The molecule has 0 unspecified atom stereocenters. The molecule has 0 amide bonds. The van der Waals surface area contributed by atoms with Gasteiger partial charge in [-0.25, -0.2) is 9.36 Å². The number of aliphatic hydroxyl groups is 1. The van der Waals surface area contributed by atoms with Gasteiger partial charge in [0.25, 0.3) is 11.2 Å². The van der Waals surface area contributed by atoms with Crippen molar-refractivity contribution in [3.05, 3.63) is 31.0 Å². The van der Waals surface area contributed by atoms with Gasteiger partial charge in [0.05, 0.1) is 20.2 Å². The number of rotatable bonds is 3. The van der Waals surface area contributed by atoms with Crippen LogP contribution in [0, 0.1) is 10.1 Å². The summed E-state index contributed by atoms with van der Waals surface area (Å²) in [5.41, 5.74) is -1.50. The molecular weight excluding hydrogens is 258 g/mol. The molecule has 0 saturated heterocycles. The summed E-state index contributed by atoms with van der Waals surface area (Å²) < 4.78 is 2.87. The lowest BCUT2D eigenvalue weighted by molar-refractivity contribution is -0.396. The Morgan fingerprint density at radius 3 is 2.47 bits per heavy atom. The Hall–Kier alpha value is -2.49. The second-order valence-corrected chi connectivity index (χ2v) is 3.92. The van der Waals surface area contributed by atoms with E-state index in [1.807, 2.05) is 0 Å². The SMILES string of the molecule is Cn1c(=O)c2c(nc([N+](=O)[O-])n2C)n(CCO)c1=O. The Morgan fingerprint density at radius 1 is 1.32 bits per heavy atom. The summed E-state index contributed by atoms with van der Waals surface area (Å²) in [5, 5.41) is 19.8. The Balaban J connectivity index is 3.04. The quantitative estimate of drug-likeness (QED) is 0.524. The van der Waals surface area contributed by atoms with E-state index in [1.165, 1.54) is 14.1 Å². The molecule has 0 aromatic carbocycles. The zero-order chi connectivity index (χ0) is 14.3. The normalized spacial score (nSPS) is 11.1. The second kappa shape index (κ2) is 4.31. The summed E-state index contributed by atoms with van der Waals surface area (Å²) in [4.78, 5) is 37.6. The van der Waals surface area contributed by atoms with Crippen LogP contribution in [-0.4, -0.2) is 35.3 Å². The van der Waals surface area contributed by atoms with Gasteiger partial charge in [-0.3, -0.25) is 13.9 Å². The zero-order valence-corrected chi connectivity index (χ0v) is 10.2. The number of aliphatic hydroxyl groups excluding tert-OH is 1. The fourth-order valence-corrected chi connectivity index (χ4v) is 1.88. The molecule has 0 atom stereocenters. The van der Waals surface area contributed by atoms with Crippen molar-refractivity contribution in [2.45, 2.75) is 6.54 Å². The van der Waals surface area contributed by atoms with Crippen molar-refractivity contribution in [3.8, 4) is 0 Å². The third-order valence-electron chi connectivity index (χ3n) is 2.82. The van der Waals surface area contributed by atoms with Crippen molar-refractivity contribution in [1.29, 1.82) is 0 Å². The minimum Gasteiger partial charge on any atom is -0.395 e. The molecule has 19 heavy (non-hydrogen) atoms. The van der Waals surface area contributed by atoms with Crippen LogP contribution in [0.25, 0.3) is 11.2 Å². The number of nitro groups is 1. The van der Waals surface area contributed by atoms with Crippen molar-refractivity contribution in [2.24, 2.45) is 14.1 Å². The lowest BCUT2D eigenvalue weighted by Gasteiger charge is -2.04. The van der Waals surface area contributed by atoms with Crippen LogP contribution < -0.4 is 11.2 Å². The average molecular weight is 269 g/mol. The standard InChI is InChI=1S/C9H11N5O5/c1-11-5-6(10-8(11)14(18)19)13(3-4-15)9(17)12(2)7(5)16/h15H,3-4H2,1-2H3. The van der Waals surface area contributed by atoms with Gasteiger partial charge in [0.15, 0.2) is 0 Å². The number of aromatic nitrogens is 4. The van der Waals surface area contributed by atoms with Gasteiger partial charge in [-0.15, -0.1) is 0 Å². The molecule has 0 saturated carbocycles. The van der Waals surface area contributed by atoms with Crippen LogP contribution in [0.15, 0.2) is 9.59 Å². The molecule has 1 N–H and O–H groups in total. The highest BCUT2D eigenvalue weighted by atomic mass is 16.6. The van der Waals surface area contributed by atoms with E-state index in [0.717, 1.165) is 13.7 Å². The summed E-state index contributed by atoms with van der Waals surface area (Å²) in [6.07, 6.45) is 0. The molecule has 10 heteroatoms. The Kier molecular flexibility index (Phi) is 2.94. The molecule has 2 aromatic rings. The van der Waals surface area contributed by atoms with E-state index in [9.17, 15) is 19.7 Å². The van der Waals surface area contributed by atoms with E-state index in [-0.39, 0.29) is 24.3 Å². The molecule has 0 bridgehead atoms. The van der Waals surface area contributed by atoms with Crippen molar-refractivity contribution in [3.63, 3.8) is 0 Å².